The lowest BCUT2D eigenvalue weighted by Gasteiger charge is -2.29. The molecule has 0 spiro atoms. The van der Waals surface area contributed by atoms with E-state index in [0.29, 0.717) is 6.54 Å². The molecule has 2 rings (SSSR count). The number of halogens is 1. The van der Waals surface area contributed by atoms with Crippen LogP contribution in [0.15, 0.2) is 30.3 Å². The summed E-state index contributed by atoms with van der Waals surface area (Å²) in [4.78, 5) is 12.8. The van der Waals surface area contributed by atoms with Crippen LogP contribution >= 0.6 is 0 Å². The Labute approximate surface area is 123 Å². The van der Waals surface area contributed by atoms with E-state index in [0.717, 1.165) is 5.56 Å². The predicted molar refractivity (Wildman–Crippen MR) is 76.2 cm³/mol. The van der Waals surface area contributed by atoms with Crippen LogP contribution < -0.4 is 5.32 Å². The molecule has 0 aromatic heterocycles. The highest BCUT2D eigenvalue weighted by Gasteiger charge is 2.48. The van der Waals surface area contributed by atoms with E-state index in [1.807, 2.05) is 30.3 Å². The lowest BCUT2D eigenvalue weighted by atomic mass is 10.1. The number of hydrogen-bond donors (Lipinski definition) is 3. The number of alkyl halides is 1. The maximum Gasteiger partial charge on any atom is 0.216 e. The van der Waals surface area contributed by atoms with E-state index >= 15 is 0 Å². The van der Waals surface area contributed by atoms with Crippen molar-refractivity contribution < 1.29 is 19.4 Å². The highest BCUT2D eigenvalue weighted by molar-refractivity contribution is 5.72. The number of carbonyl (C=O) groups excluding carboxylic acids is 1. The Bertz CT molecular complexity index is 471. The van der Waals surface area contributed by atoms with Crippen molar-refractivity contribution in [3.63, 3.8) is 0 Å². The van der Waals surface area contributed by atoms with Crippen molar-refractivity contribution in [1.29, 1.82) is 0 Å². The molecule has 1 aliphatic rings. The van der Waals surface area contributed by atoms with Gasteiger partial charge >= 0.3 is 0 Å². The van der Waals surface area contributed by atoms with E-state index in [-0.39, 0.29) is 19.1 Å². The van der Waals surface area contributed by atoms with Crippen LogP contribution in [0.4, 0.5) is 4.39 Å². The molecule has 1 fully saturated rings. The highest BCUT2D eigenvalue weighted by atomic mass is 19.1. The van der Waals surface area contributed by atoms with Gasteiger partial charge in [0.25, 0.3) is 0 Å². The summed E-state index contributed by atoms with van der Waals surface area (Å²) in [6.07, 6.45) is -2.75. The van der Waals surface area contributed by atoms with Gasteiger partial charge in [-0.3, -0.25) is 9.69 Å². The number of rotatable bonds is 5. The molecular formula is C15H21FN2O3. The number of aliphatic hydroxyl groups is 2. The number of benzene rings is 1. The molecule has 116 valence electrons. The topological polar surface area (TPSA) is 72.8 Å². The van der Waals surface area contributed by atoms with Gasteiger partial charge in [-0.1, -0.05) is 30.3 Å². The van der Waals surface area contributed by atoms with Crippen molar-refractivity contribution >= 4 is 5.91 Å². The first-order valence-corrected chi connectivity index (χ1v) is 7.01. The molecule has 0 bridgehead atoms. The lowest BCUT2D eigenvalue weighted by molar-refractivity contribution is -0.119. The zero-order valence-electron chi connectivity index (χ0n) is 11.9. The SMILES string of the molecule is CC(=O)NCC1C(O)C(F)C(CO)N1Cc1ccccc1. The monoisotopic (exact) mass is 296 g/mol. The van der Waals surface area contributed by atoms with E-state index in [1.54, 1.807) is 4.90 Å². The van der Waals surface area contributed by atoms with Crippen LogP contribution in [0, 0.1) is 0 Å². The zero-order valence-corrected chi connectivity index (χ0v) is 11.9. The number of hydrogen-bond acceptors (Lipinski definition) is 4. The van der Waals surface area contributed by atoms with Crippen LogP contribution in [0.3, 0.4) is 0 Å². The van der Waals surface area contributed by atoms with Crippen molar-refractivity contribution in [3.8, 4) is 0 Å². The second kappa shape index (κ2) is 6.98. The van der Waals surface area contributed by atoms with E-state index in [4.69, 9.17) is 0 Å². The number of amides is 1. The van der Waals surface area contributed by atoms with Gasteiger partial charge in [-0.2, -0.15) is 0 Å². The highest BCUT2D eigenvalue weighted by Crippen LogP contribution is 2.29. The van der Waals surface area contributed by atoms with Crippen LogP contribution in [0.2, 0.25) is 0 Å². The maximum absolute atomic E-state index is 14.1. The molecule has 1 saturated heterocycles. The fraction of sp³-hybridized carbons (Fsp3) is 0.533. The third-order valence-corrected chi connectivity index (χ3v) is 3.90. The van der Waals surface area contributed by atoms with Crippen LogP contribution in [0.5, 0.6) is 0 Å². The van der Waals surface area contributed by atoms with Gasteiger partial charge in [0.05, 0.1) is 18.7 Å². The average molecular weight is 296 g/mol. The maximum atomic E-state index is 14.1. The van der Waals surface area contributed by atoms with Crippen molar-refractivity contribution in [2.24, 2.45) is 0 Å². The van der Waals surface area contributed by atoms with Crippen LogP contribution in [-0.4, -0.2) is 58.5 Å². The zero-order chi connectivity index (χ0) is 15.4. The van der Waals surface area contributed by atoms with E-state index < -0.39 is 24.4 Å². The van der Waals surface area contributed by atoms with Gasteiger partial charge in [-0.05, 0) is 5.56 Å². The minimum atomic E-state index is -1.53. The summed E-state index contributed by atoms with van der Waals surface area (Å²) in [5.74, 6) is -0.232. The molecule has 21 heavy (non-hydrogen) atoms. The normalized spacial score (nSPS) is 29.5. The molecule has 4 unspecified atom stereocenters. The van der Waals surface area contributed by atoms with Gasteiger partial charge in [-0.15, -0.1) is 0 Å². The van der Waals surface area contributed by atoms with Gasteiger partial charge in [0.2, 0.25) is 5.91 Å². The van der Waals surface area contributed by atoms with Crippen molar-refractivity contribution in [3.05, 3.63) is 35.9 Å². The summed E-state index contributed by atoms with van der Waals surface area (Å²) in [7, 11) is 0. The first-order chi connectivity index (χ1) is 10.0. The largest absolute Gasteiger partial charge is 0.395 e. The summed E-state index contributed by atoms with van der Waals surface area (Å²) in [5.41, 5.74) is 0.963. The van der Waals surface area contributed by atoms with Gasteiger partial charge in [-0.25, -0.2) is 4.39 Å². The fourth-order valence-corrected chi connectivity index (χ4v) is 2.79. The minimum absolute atomic E-state index is 0.153. The van der Waals surface area contributed by atoms with Crippen LogP contribution in [0.25, 0.3) is 0 Å². The molecule has 1 amide bonds. The molecule has 6 heteroatoms. The second-order valence-corrected chi connectivity index (χ2v) is 5.35. The van der Waals surface area contributed by atoms with E-state index in [9.17, 15) is 19.4 Å². The lowest BCUT2D eigenvalue weighted by Crippen LogP contribution is -2.46. The summed E-state index contributed by atoms with van der Waals surface area (Å²) < 4.78 is 14.1. The van der Waals surface area contributed by atoms with Crippen LogP contribution in [0.1, 0.15) is 12.5 Å². The van der Waals surface area contributed by atoms with Gasteiger partial charge < -0.3 is 15.5 Å². The molecule has 0 radical (unpaired) electrons. The molecule has 1 heterocycles. The minimum Gasteiger partial charge on any atom is -0.395 e. The molecule has 1 aliphatic heterocycles. The van der Waals surface area contributed by atoms with Crippen LogP contribution in [-0.2, 0) is 11.3 Å². The first kappa shape index (κ1) is 15.9. The Morgan fingerprint density at radius 3 is 2.57 bits per heavy atom. The standard InChI is InChI=1S/C15H21FN2O3/c1-10(20)17-7-12-15(21)14(16)13(9-19)18(12)8-11-5-3-2-4-6-11/h2-6,12-15,19,21H,7-9H2,1H3,(H,17,20). The van der Waals surface area contributed by atoms with Crippen molar-refractivity contribution in [1.82, 2.24) is 10.2 Å². The second-order valence-electron chi connectivity index (χ2n) is 5.35. The predicted octanol–water partition coefficient (Wildman–Crippen LogP) is 0.0668. The number of nitrogens with zero attached hydrogens (tertiary/aromatic N) is 1. The number of nitrogens with one attached hydrogen (secondary N) is 1. The van der Waals surface area contributed by atoms with Crippen molar-refractivity contribution in [2.45, 2.75) is 37.8 Å². The Morgan fingerprint density at radius 1 is 1.33 bits per heavy atom. The molecule has 4 atom stereocenters. The number of aliphatic hydroxyl groups excluding tert-OH is 2. The molecule has 1 aromatic rings. The Kier molecular flexibility index (Phi) is 5.27. The molecule has 3 N–H and O–H groups in total. The molecular weight excluding hydrogens is 275 g/mol. The summed E-state index contributed by atoms with van der Waals surface area (Å²) >= 11 is 0. The molecule has 1 aromatic carbocycles. The third-order valence-electron chi connectivity index (χ3n) is 3.90. The first-order valence-electron chi connectivity index (χ1n) is 7.01. The van der Waals surface area contributed by atoms with Gasteiger partial charge in [0, 0.05) is 20.0 Å². The molecule has 0 aliphatic carbocycles. The van der Waals surface area contributed by atoms with E-state index in [1.165, 1.54) is 6.92 Å². The Morgan fingerprint density at radius 2 is 2.00 bits per heavy atom. The summed E-state index contributed by atoms with van der Waals surface area (Å²) in [6.45, 7) is 1.56. The quantitative estimate of drug-likeness (QED) is 0.719. The van der Waals surface area contributed by atoms with Gasteiger partial charge in [0.1, 0.15) is 12.3 Å². The average Bonchev–Trinajstić information content (AvgIpc) is 2.69. The Balaban J connectivity index is 2.16. The fourth-order valence-electron chi connectivity index (χ4n) is 2.79. The molecule has 5 nitrogen and oxygen atoms in total. The smallest absolute Gasteiger partial charge is 0.216 e. The summed E-state index contributed by atoms with van der Waals surface area (Å²) in [5, 5.41) is 22.1. The number of carbonyl (C=O) groups is 1. The third kappa shape index (κ3) is 3.58. The van der Waals surface area contributed by atoms with Crippen molar-refractivity contribution in [2.75, 3.05) is 13.2 Å². The number of likely N-dealkylation sites (tertiary alicyclic amines) is 1. The van der Waals surface area contributed by atoms with Gasteiger partial charge in [0.15, 0.2) is 0 Å². The summed E-state index contributed by atoms with van der Waals surface area (Å²) in [6, 6.07) is 8.14. The Hall–Kier alpha value is -1.50. The van der Waals surface area contributed by atoms with E-state index in [2.05, 4.69) is 5.32 Å². The molecule has 0 saturated carbocycles.